The van der Waals surface area contributed by atoms with Crippen molar-refractivity contribution in [1.82, 2.24) is 5.32 Å². The first-order valence-electron chi connectivity index (χ1n) is 5.28. The standard InChI is InChI=1S/C11H16F3NO/c1-3-15-9(4-6-11(12,13)14)10-8(2)5-7-16-10/h5,7,9,15H,3-4,6H2,1-2H3. The van der Waals surface area contributed by atoms with Gasteiger partial charge in [-0.1, -0.05) is 6.92 Å². The van der Waals surface area contributed by atoms with Gasteiger partial charge >= 0.3 is 6.18 Å². The molecule has 0 aliphatic rings. The highest BCUT2D eigenvalue weighted by Gasteiger charge is 2.29. The molecule has 0 saturated carbocycles. The first-order valence-corrected chi connectivity index (χ1v) is 5.28. The zero-order chi connectivity index (χ0) is 12.2. The van der Waals surface area contributed by atoms with E-state index in [-0.39, 0.29) is 12.5 Å². The summed E-state index contributed by atoms with van der Waals surface area (Å²) in [6.07, 6.45) is -3.41. The molecule has 92 valence electrons. The molecule has 0 fully saturated rings. The van der Waals surface area contributed by atoms with Crippen LogP contribution in [-0.4, -0.2) is 12.7 Å². The largest absolute Gasteiger partial charge is 0.467 e. The monoisotopic (exact) mass is 235 g/mol. The Labute approximate surface area is 92.8 Å². The number of hydrogen-bond donors (Lipinski definition) is 1. The second kappa shape index (κ2) is 5.39. The van der Waals surface area contributed by atoms with E-state index < -0.39 is 12.6 Å². The lowest BCUT2D eigenvalue weighted by molar-refractivity contribution is -0.136. The van der Waals surface area contributed by atoms with Gasteiger partial charge < -0.3 is 9.73 Å². The highest BCUT2D eigenvalue weighted by Crippen LogP contribution is 2.29. The van der Waals surface area contributed by atoms with E-state index in [1.807, 2.05) is 13.8 Å². The zero-order valence-electron chi connectivity index (χ0n) is 9.40. The van der Waals surface area contributed by atoms with Crippen molar-refractivity contribution in [2.75, 3.05) is 6.54 Å². The van der Waals surface area contributed by atoms with Crippen LogP contribution in [0.15, 0.2) is 16.7 Å². The average Bonchev–Trinajstić information content (AvgIpc) is 2.57. The summed E-state index contributed by atoms with van der Waals surface area (Å²) in [6.45, 7) is 4.30. The summed E-state index contributed by atoms with van der Waals surface area (Å²) in [5, 5.41) is 3.00. The van der Waals surface area contributed by atoms with Crippen LogP contribution in [0.2, 0.25) is 0 Å². The van der Waals surface area contributed by atoms with Gasteiger partial charge in [-0.05, 0) is 31.5 Å². The number of hydrogen-bond acceptors (Lipinski definition) is 2. The van der Waals surface area contributed by atoms with Crippen LogP contribution in [0, 0.1) is 6.92 Å². The second-order valence-corrected chi connectivity index (χ2v) is 3.73. The molecule has 0 spiro atoms. The number of furan rings is 1. The van der Waals surface area contributed by atoms with Crippen molar-refractivity contribution in [3.8, 4) is 0 Å². The minimum Gasteiger partial charge on any atom is -0.467 e. The Morgan fingerprint density at radius 2 is 2.12 bits per heavy atom. The van der Waals surface area contributed by atoms with Crippen molar-refractivity contribution in [3.05, 3.63) is 23.7 Å². The highest BCUT2D eigenvalue weighted by atomic mass is 19.4. The number of aryl methyl sites for hydroxylation is 1. The fourth-order valence-electron chi connectivity index (χ4n) is 1.62. The minimum absolute atomic E-state index is 0.00565. The van der Waals surface area contributed by atoms with Crippen molar-refractivity contribution in [2.24, 2.45) is 0 Å². The molecule has 0 aromatic carbocycles. The molecule has 0 saturated heterocycles. The molecule has 16 heavy (non-hydrogen) atoms. The fraction of sp³-hybridized carbons (Fsp3) is 0.636. The molecule has 1 N–H and O–H groups in total. The maximum absolute atomic E-state index is 12.1. The van der Waals surface area contributed by atoms with Crippen LogP contribution in [0.3, 0.4) is 0 Å². The van der Waals surface area contributed by atoms with Crippen LogP contribution in [0.1, 0.15) is 37.1 Å². The summed E-state index contributed by atoms with van der Waals surface area (Å²) in [5.74, 6) is 0.603. The van der Waals surface area contributed by atoms with Crippen LogP contribution in [0.4, 0.5) is 13.2 Å². The summed E-state index contributed by atoms with van der Waals surface area (Å²) in [6, 6.07) is 1.40. The lowest BCUT2D eigenvalue weighted by Crippen LogP contribution is -2.23. The molecule has 0 amide bonds. The average molecular weight is 235 g/mol. The van der Waals surface area contributed by atoms with E-state index in [0.29, 0.717) is 12.3 Å². The maximum Gasteiger partial charge on any atom is 0.389 e. The van der Waals surface area contributed by atoms with Crippen LogP contribution in [-0.2, 0) is 0 Å². The molecule has 1 aromatic rings. The van der Waals surface area contributed by atoms with Gasteiger partial charge in [-0.3, -0.25) is 0 Å². The Kier molecular flexibility index (Phi) is 4.41. The van der Waals surface area contributed by atoms with E-state index >= 15 is 0 Å². The Bertz CT molecular complexity index is 319. The summed E-state index contributed by atoms with van der Waals surface area (Å²) in [7, 11) is 0. The highest BCUT2D eigenvalue weighted by molar-refractivity contribution is 5.18. The van der Waals surface area contributed by atoms with E-state index in [0.717, 1.165) is 5.56 Å². The van der Waals surface area contributed by atoms with Gasteiger partial charge in [0, 0.05) is 6.42 Å². The van der Waals surface area contributed by atoms with E-state index in [1.165, 1.54) is 6.26 Å². The van der Waals surface area contributed by atoms with E-state index in [9.17, 15) is 13.2 Å². The molecule has 1 unspecified atom stereocenters. The molecule has 1 aromatic heterocycles. The van der Waals surface area contributed by atoms with Crippen molar-refractivity contribution in [3.63, 3.8) is 0 Å². The quantitative estimate of drug-likeness (QED) is 0.843. The minimum atomic E-state index is -4.12. The molecular weight excluding hydrogens is 219 g/mol. The number of rotatable bonds is 5. The zero-order valence-corrected chi connectivity index (χ0v) is 9.40. The Hall–Kier alpha value is -0.970. The van der Waals surface area contributed by atoms with Gasteiger partial charge in [0.15, 0.2) is 0 Å². The molecule has 1 rings (SSSR count). The van der Waals surface area contributed by atoms with Gasteiger partial charge in [0.1, 0.15) is 5.76 Å². The van der Waals surface area contributed by atoms with Crippen molar-refractivity contribution in [2.45, 2.75) is 38.9 Å². The Morgan fingerprint density at radius 1 is 1.44 bits per heavy atom. The molecule has 1 heterocycles. The lowest BCUT2D eigenvalue weighted by Gasteiger charge is -2.17. The van der Waals surface area contributed by atoms with Crippen LogP contribution >= 0.6 is 0 Å². The van der Waals surface area contributed by atoms with Crippen molar-refractivity contribution < 1.29 is 17.6 Å². The van der Waals surface area contributed by atoms with Crippen molar-refractivity contribution in [1.29, 1.82) is 0 Å². The normalized spacial score (nSPS) is 14.1. The predicted molar refractivity (Wildman–Crippen MR) is 55.2 cm³/mol. The first kappa shape index (κ1) is 13.1. The number of nitrogens with one attached hydrogen (secondary N) is 1. The van der Waals surface area contributed by atoms with Crippen LogP contribution in [0.25, 0.3) is 0 Å². The molecule has 0 aliphatic carbocycles. The molecule has 0 aliphatic heterocycles. The summed E-state index contributed by atoms with van der Waals surface area (Å²) in [4.78, 5) is 0. The lowest BCUT2D eigenvalue weighted by atomic mass is 10.1. The van der Waals surface area contributed by atoms with Crippen LogP contribution < -0.4 is 5.32 Å². The maximum atomic E-state index is 12.1. The Morgan fingerprint density at radius 3 is 2.56 bits per heavy atom. The van der Waals surface area contributed by atoms with Crippen molar-refractivity contribution >= 4 is 0 Å². The van der Waals surface area contributed by atoms with Gasteiger partial charge in [0.05, 0.1) is 12.3 Å². The molecule has 0 bridgehead atoms. The third-order valence-electron chi connectivity index (χ3n) is 2.39. The number of alkyl halides is 3. The summed E-state index contributed by atoms with van der Waals surface area (Å²) >= 11 is 0. The third kappa shape index (κ3) is 3.89. The molecule has 2 nitrogen and oxygen atoms in total. The number of halogens is 3. The van der Waals surface area contributed by atoms with Gasteiger partial charge in [-0.15, -0.1) is 0 Å². The smallest absolute Gasteiger partial charge is 0.389 e. The Balaban J connectivity index is 2.65. The van der Waals surface area contributed by atoms with Gasteiger partial charge in [0.2, 0.25) is 0 Å². The van der Waals surface area contributed by atoms with Crippen LogP contribution in [0.5, 0.6) is 0 Å². The van der Waals surface area contributed by atoms with Gasteiger partial charge in [-0.2, -0.15) is 13.2 Å². The predicted octanol–water partition coefficient (Wildman–Crippen LogP) is 3.58. The molecule has 5 heteroatoms. The topological polar surface area (TPSA) is 25.2 Å². The van der Waals surface area contributed by atoms with Gasteiger partial charge in [0.25, 0.3) is 0 Å². The van der Waals surface area contributed by atoms with Gasteiger partial charge in [-0.25, -0.2) is 0 Å². The SMILES string of the molecule is CCNC(CCC(F)(F)F)c1occc1C. The summed E-state index contributed by atoms with van der Waals surface area (Å²) in [5.41, 5.74) is 0.883. The molecular formula is C11H16F3NO. The van der Waals surface area contributed by atoms with E-state index in [2.05, 4.69) is 5.32 Å². The van der Waals surface area contributed by atoms with E-state index in [1.54, 1.807) is 6.07 Å². The molecule has 1 atom stereocenters. The summed E-state index contributed by atoms with van der Waals surface area (Å²) < 4.78 is 41.6. The third-order valence-corrected chi connectivity index (χ3v) is 2.39. The van der Waals surface area contributed by atoms with E-state index in [4.69, 9.17) is 4.42 Å². The second-order valence-electron chi connectivity index (χ2n) is 3.73. The fourth-order valence-corrected chi connectivity index (χ4v) is 1.62. The molecule has 0 radical (unpaired) electrons. The first-order chi connectivity index (χ1) is 7.44.